The monoisotopic (exact) mass is 274 g/mol. The van der Waals surface area contributed by atoms with Gasteiger partial charge in [-0.2, -0.15) is 10.2 Å². The predicted octanol–water partition coefficient (Wildman–Crippen LogP) is 1.21. The van der Waals surface area contributed by atoms with Gasteiger partial charge in [-0.25, -0.2) is 4.98 Å². The van der Waals surface area contributed by atoms with Crippen LogP contribution in [0.25, 0.3) is 0 Å². The molecule has 0 saturated carbocycles. The molecule has 0 aromatic carbocycles. The lowest BCUT2D eigenvalue weighted by molar-refractivity contribution is -0.384. The Bertz CT molecular complexity index is 675. The van der Waals surface area contributed by atoms with Gasteiger partial charge in [0.25, 0.3) is 0 Å². The lowest BCUT2D eigenvalue weighted by Crippen LogP contribution is -2.10. The summed E-state index contributed by atoms with van der Waals surface area (Å²) in [4.78, 5) is 18.2. The molecule has 0 atom stereocenters. The largest absolute Gasteiger partial charge is 0.364 e. The molecule has 0 aliphatic carbocycles. The normalized spacial score (nSPS) is 10.0. The molecule has 0 saturated heterocycles. The van der Waals surface area contributed by atoms with E-state index in [0.29, 0.717) is 24.7 Å². The van der Waals surface area contributed by atoms with Crippen LogP contribution in [0.5, 0.6) is 0 Å². The maximum atomic E-state index is 11.0. The Morgan fingerprint density at radius 2 is 2.40 bits per heavy atom. The Labute approximate surface area is 113 Å². The zero-order valence-electron chi connectivity index (χ0n) is 10.5. The molecule has 2 rings (SSSR count). The summed E-state index contributed by atoms with van der Waals surface area (Å²) in [5.74, 6) is 0.999. The van der Waals surface area contributed by atoms with E-state index in [1.165, 1.54) is 12.3 Å². The fourth-order valence-corrected chi connectivity index (χ4v) is 1.59. The van der Waals surface area contributed by atoms with E-state index in [1.54, 1.807) is 13.0 Å². The summed E-state index contributed by atoms with van der Waals surface area (Å²) in [5.41, 5.74) is -0.373. The molecular formula is C11H10N6O3. The Morgan fingerprint density at radius 1 is 1.60 bits per heavy atom. The molecule has 0 amide bonds. The van der Waals surface area contributed by atoms with Crippen LogP contribution in [0.3, 0.4) is 0 Å². The van der Waals surface area contributed by atoms with E-state index in [9.17, 15) is 10.1 Å². The van der Waals surface area contributed by atoms with Crippen LogP contribution in [-0.2, 0) is 6.42 Å². The lowest BCUT2D eigenvalue weighted by Gasteiger charge is -2.05. The van der Waals surface area contributed by atoms with Crippen molar-refractivity contribution >= 4 is 11.5 Å². The van der Waals surface area contributed by atoms with Crippen LogP contribution in [0.1, 0.15) is 17.3 Å². The number of hydrogen-bond donors (Lipinski definition) is 1. The van der Waals surface area contributed by atoms with Gasteiger partial charge < -0.3 is 9.84 Å². The number of aryl methyl sites for hydroxylation is 1. The topological polar surface area (TPSA) is 131 Å². The van der Waals surface area contributed by atoms with Crippen molar-refractivity contribution in [2.45, 2.75) is 13.3 Å². The van der Waals surface area contributed by atoms with Crippen molar-refractivity contribution in [3.05, 3.63) is 39.7 Å². The highest BCUT2D eigenvalue weighted by Gasteiger charge is 2.20. The van der Waals surface area contributed by atoms with E-state index in [1.807, 2.05) is 0 Å². The minimum absolute atomic E-state index is 0.0390. The van der Waals surface area contributed by atoms with Crippen LogP contribution in [0.15, 0.2) is 16.8 Å². The third kappa shape index (κ3) is 2.86. The second kappa shape index (κ2) is 5.75. The van der Waals surface area contributed by atoms with Gasteiger partial charge in [0.05, 0.1) is 4.92 Å². The number of nitro groups is 1. The average molecular weight is 274 g/mol. The first-order chi connectivity index (χ1) is 9.61. The van der Waals surface area contributed by atoms with Crippen LogP contribution in [0.2, 0.25) is 0 Å². The number of rotatable bonds is 5. The zero-order chi connectivity index (χ0) is 14.5. The van der Waals surface area contributed by atoms with Gasteiger partial charge in [0, 0.05) is 26.1 Å². The van der Waals surface area contributed by atoms with E-state index >= 15 is 0 Å². The standard InChI is InChI=1S/C11H10N6O3/c1-7-15-9(16-20-7)3-5-14-11-10(17(18)19)8(6-12)2-4-13-11/h2,4H,3,5H2,1H3,(H,13,14). The summed E-state index contributed by atoms with van der Waals surface area (Å²) in [5, 5.41) is 26.3. The van der Waals surface area contributed by atoms with E-state index in [2.05, 4.69) is 20.4 Å². The van der Waals surface area contributed by atoms with Crippen molar-refractivity contribution in [3.63, 3.8) is 0 Å². The molecular weight excluding hydrogens is 264 g/mol. The maximum absolute atomic E-state index is 11.0. The SMILES string of the molecule is Cc1nc(CCNc2nccc(C#N)c2[N+](=O)[O-])no1. The van der Waals surface area contributed by atoms with Gasteiger partial charge in [-0.3, -0.25) is 10.1 Å². The van der Waals surface area contributed by atoms with Crippen molar-refractivity contribution in [1.29, 1.82) is 5.26 Å². The summed E-state index contributed by atoms with van der Waals surface area (Å²) in [6.45, 7) is 2.01. The van der Waals surface area contributed by atoms with Gasteiger partial charge in [0.1, 0.15) is 11.6 Å². The van der Waals surface area contributed by atoms with Gasteiger partial charge in [-0.1, -0.05) is 5.16 Å². The fraction of sp³-hybridized carbons (Fsp3) is 0.273. The number of aromatic nitrogens is 3. The molecule has 9 heteroatoms. The minimum Gasteiger partial charge on any atom is -0.364 e. The predicted molar refractivity (Wildman–Crippen MR) is 66.8 cm³/mol. The summed E-state index contributed by atoms with van der Waals surface area (Å²) in [6, 6.07) is 3.06. The van der Waals surface area contributed by atoms with E-state index in [-0.39, 0.29) is 17.1 Å². The molecule has 20 heavy (non-hydrogen) atoms. The maximum Gasteiger partial charge on any atom is 0.328 e. The van der Waals surface area contributed by atoms with Crippen molar-refractivity contribution in [2.24, 2.45) is 0 Å². The number of nitrogens with one attached hydrogen (secondary N) is 1. The van der Waals surface area contributed by atoms with Gasteiger partial charge in [0.2, 0.25) is 11.7 Å². The van der Waals surface area contributed by atoms with E-state index < -0.39 is 4.92 Å². The van der Waals surface area contributed by atoms with Crippen molar-refractivity contribution < 1.29 is 9.45 Å². The first-order valence-corrected chi connectivity index (χ1v) is 5.68. The van der Waals surface area contributed by atoms with Crippen LogP contribution >= 0.6 is 0 Å². The molecule has 0 fully saturated rings. The molecule has 9 nitrogen and oxygen atoms in total. The molecule has 0 bridgehead atoms. The molecule has 0 aliphatic rings. The summed E-state index contributed by atoms with van der Waals surface area (Å²) < 4.78 is 4.81. The number of pyridine rings is 1. The summed E-state index contributed by atoms with van der Waals surface area (Å²) in [7, 11) is 0. The Kier molecular flexibility index (Phi) is 3.85. The van der Waals surface area contributed by atoms with E-state index in [4.69, 9.17) is 9.78 Å². The second-order valence-corrected chi connectivity index (χ2v) is 3.83. The molecule has 102 valence electrons. The number of anilines is 1. The van der Waals surface area contributed by atoms with Crippen LogP contribution in [-0.4, -0.2) is 26.6 Å². The third-order valence-corrected chi connectivity index (χ3v) is 2.44. The fourth-order valence-electron chi connectivity index (χ4n) is 1.59. The number of nitrogens with zero attached hydrogens (tertiary/aromatic N) is 5. The smallest absolute Gasteiger partial charge is 0.328 e. The lowest BCUT2D eigenvalue weighted by atomic mass is 10.2. The van der Waals surface area contributed by atoms with Gasteiger partial charge in [0.15, 0.2) is 5.82 Å². The van der Waals surface area contributed by atoms with Crippen molar-refractivity contribution in [3.8, 4) is 6.07 Å². The van der Waals surface area contributed by atoms with Gasteiger partial charge in [-0.05, 0) is 6.07 Å². The minimum atomic E-state index is -0.633. The van der Waals surface area contributed by atoms with Gasteiger partial charge >= 0.3 is 5.69 Å². The Morgan fingerprint density at radius 3 is 3.00 bits per heavy atom. The molecule has 0 radical (unpaired) electrons. The number of hydrogen-bond acceptors (Lipinski definition) is 8. The molecule has 0 spiro atoms. The van der Waals surface area contributed by atoms with Crippen LogP contribution in [0.4, 0.5) is 11.5 Å². The Hall–Kier alpha value is -3.02. The molecule has 1 N–H and O–H groups in total. The van der Waals surface area contributed by atoms with Crippen LogP contribution in [0, 0.1) is 28.4 Å². The quantitative estimate of drug-likeness (QED) is 0.635. The molecule has 2 heterocycles. The Balaban J connectivity index is 2.10. The first-order valence-electron chi connectivity index (χ1n) is 5.68. The van der Waals surface area contributed by atoms with E-state index in [0.717, 1.165) is 0 Å². The first kappa shape index (κ1) is 13.4. The van der Waals surface area contributed by atoms with Crippen molar-refractivity contribution in [2.75, 3.05) is 11.9 Å². The van der Waals surface area contributed by atoms with Crippen molar-refractivity contribution in [1.82, 2.24) is 15.1 Å². The molecule has 2 aromatic heterocycles. The summed E-state index contributed by atoms with van der Waals surface area (Å²) in [6.07, 6.45) is 1.76. The third-order valence-electron chi connectivity index (χ3n) is 2.44. The second-order valence-electron chi connectivity index (χ2n) is 3.83. The molecule has 0 aliphatic heterocycles. The number of nitriles is 1. The van der Waals surface area contributed by atoms with Gasteiger partial charge in [-0.15, -0.1) is 0 Å². The summed E-state index contributed by atoms with van der Waals surface area (Å²) >= 11 is 0. The highest BCUT2D eigenvalue weighted by Crippen LogP contribution is 2.25. The average Bonchev–Trinajstić information content (AvgIpc) is 2.83. The highest BCUT2D eigenvalue weighted by molar-refractivity contribution is 5.63. The zero-order valence-corrected chi connectivity index (χ0v) is 10.5. The molecule has 0 unspecified atom stereocenters. The molecule has 2 aromatic rings. The van der Waals surface area contributed by atoms with Crippen LogP contribution < -0.4 is 5.32 Å². The highest BCUT2D eigenvalue weighted by atomic mass is 16.6.